The summed E-state index contributed by atoms with van der Waals surface area (Å²) in [5.74, 6) is 0.666. The standard InChI is InChI=1S/C17H15N3O2S/c21-15-10-3-1-2-4-11(10)16(22)20(15)9-17(14-5-6-19-23-14)12-7-18-8-13(12)17/h1-6,12-13,18H,7-9H2. The summed E-state index contributed by atoms with van der Waals surface area (Å²) in [6.45, 7) is 2.37. The highest BCUT2D eigenvalue weighted by Gasteiger charge is 2.69. The number of nitrogens with zero attached hydrogens (tertiary/aromatic N) is 2. The molecule has 116 valence electrons. The third-order valence-electron chi connectivity index (χ3n) is 5.62. The van der Waals surface area contributed by atoms with Gasteiger partial charge in [0.15, 0.2) is 0 Å². The summed E-state index contributed by atoms with van der Waals surface area (Å²) in [4.78, 5) is 28.0. The summed E-state index contributed by atoms with van der Waals surface area (Å²) in [6, 6.07) is 9.14. The summed E-state index contributed by atoms with van der Waals surface area (Å²) in [7, 11) is 0. The number of carbonyl (C=O) groups is 2. The summed E-state index contributed by atoms with van der Waals surface area (Å²) in [6.07, 6.45) is 1.81. The molecule has 2 fully saturated rings. The van der Waals surface area contributed by atoms with Crippen LogP contribution in [0, 0.1) is 11.8 Å². The fraction of sp³-hybridized carbons (Fsp3) is 0.353. The van der Waals surface area contributed by atoms with Crippen molar-refractivity contribution >= 4 is 23.3 Å². The van der Waals surface area contributed by atoms with Crippen molar-refractivity contribution in [2.24, 2.45) is 11.8 Å². The summed E-state index contributed by atoms with van der Waals surface area (Å²) < 4.78 is 4.24. The smallest absolute Gasteiger partial charge is 0.261 e. The van der Waals surface area contributed by atoms with E-state index in [1.165, 1.54) is 21.3 Å². The van der Waals surface area contributed by atoms with Crippen LogP contribution in [0.4, 0.5) is 0 Å². The Bertz CT molecular complexity index is 772. The van der Waals surface area contributed by atoms with Crippen LogP contribution in [0.15, 0.2) is 36.5 Å². The van der Waals surface area contributed by atoms with E-state index < -0.39 is 0 Å². The molecule has 2 aromatic rings. The average molecular weight is 325 g/mol. The van der Waals surface area contributed by atoms with Gasteiger partial charge in [0.05, 0.1) is 11.1 Å². The van der Waals surface area contributed by atoms with Gasteiger partial charge in [0.2, 0.25) is 0 Å². The molecule has 1 aromatic carbocycles. The second-order valence-electron chi connectivity index (χ2n) is 6.53. The zero-order valence-corrected chi connectivity index (χ0v) is 13.2. The van der Waals surface area contributed by atoms with Gasteiger partial charge in [0.25, 0.3) is 11.8 Å². The third-order valence-corrected chi connectivity index (χ3v) is 6.56. The first-order chi connectivity index (χ1) is 11.2. The lowest BCUT2D eigenvalue weighted by Gasteiger charge is -2.25. The molecule has 0 spiro atoms. The highest BCUT2D eigenvalue weighted by atomic mass is 32.1. The molecular weight excluding hydrogens is 310 g/mol. The van der Waals surface area contributed by atoms with Gasteiger partial charge in [-0.1, -0.05) is 12.1 Å². The molecule has 2 aliphatic heterocycles. The Morgan fingerprint density at radius 3 is 2.35 bits per heavy atom. The lowest BCUT2D eigenvalue weighted by molar-refractivity contribution is 0.0632. The van der Waals surface area contributed by atoms with Gasteiger partial charge in [0.1, 0.15) is 0 Å². The maximum Gasteiger partial charge on any atom is 0.261 e. The van der Waals surface area contributed by atoms with E-state index in [-0.39, 0.29) is 17.2 Å². The molecule has 1 saturated carbocycles. The minimum absolute atomic E-state index is 0.0974. The Kier molecular flexibility index (Phi) is 2.61. The van der Waals surface area contributed by atoms with Crippen LogP contribution in [0.2, 0.25) is 0 Å². The van der Waals surface area contributed by atoms with Crippen molar-refractivity contribution in [1.82, 2.24) is 14.6 Å². The largest absolute Gasteiger partial charge is 0.316 e. The molecule has 5 rings (SSSR count). The predicted molar refractivity (Wildman–Crippen MR) is 85.5 cm³/mol. The SMILES string of the molecule is O=C1c2ccccc2C(=O)N1CC1(c2ccns2)C2CNCC21. The van der Waals surface area contributed by atoms with Gasteiger partial charge in [-0.25, -0.2) is 4.37 Å². The van der Waals surface area contributed by atoms with Gasteiger partial charge in [-0.05, 0) is 54.7 Å². The van der Waals surface area contributed by atoms with Gasteiger partial charge in [-0.15, -0.1) is 0 Å². The van der Waals surface area contributed by atoms with Crippen LogP contribution in [0.5, 0.6) is 0 Å². The zero-order valence-electron chi connectivity index (χ0n) is 12.4. The van der Waals surface area contributed by atoms with Gasteiger partial charge in [-0.2, -0.15) is 0 Å². The van der Waals surface area contributed by atoms with Crippen molar-refractivity contribution in [3.8, 4) is 0 Å². The Hall–Kier alpha value is -2.05. The number of nitrogens with one attached hydrogen (secondary N) is 1. The van der Waals surface area contributed by atoms with E-state index in [1.54, 1.807) is 12.1 Å². The molecule has 2 amide bonds. The van der Waals surface area contributed by atoms with Crippen LogP contribution < -0.4 is 5.32 Å². The number of benzene rings is 1. The van der Waals surface area contributed by atoms with E-state index in [0.29, 0.717) is 29.5 Å². The zero-order chi connectivity index (χ0) is 15.6. The van der Waals surface area contributed by atoms with Crippen molar-refractivity contribution in [3.63, 3.8) is 0 Å². The number of carbonyl (C=O) groups excluding carboxylic acids is 2. The van der Waals surface area contributed by atoms with E-state index in [9.17, 15) is 9.59 Å². The van der Waals surface area contributed by atoms with E-state index in [4.69, 9.17) is 0 Å². The molecule has 1 aliphatic carbocycles. The second kappa shape index (κ2) is 4.49. The van der Waals surface area contributed by atoms with Crippen LogP contribution in [0.25, 0.3) is 0 Å². The lowest BCUT2D eigenvalue weighted by Crippen LogP contribution is -2.40. The molecule has 1 N–H and O–H groups in total. The minimum Gasteiger partial charge on any atom is -0.316 e. The number of piperidine rings is 1. The molecule has 5 nitrogen and oxygen atoms in total. The number of hydrogen-bond donors (Lipinski definition) is 1. The number of amides is 2. The molecule has 0 bridgehead atoms. The summed E-state index contributed by atoms with van der Waals surface area (Å²) >= 11 is 1.49. The van der Waals surface area contributed by atoms with Crippen LogP contribution in [-0.2, 0) is 5.41 Å². The normalized spacial score (nSPS) is 31.4. The summed E-state index contributed by atoms with van der Waals surface area (Å²) in [5.41, 5.74) is 0.960. The van der Waals surface area contributed by atoms with Gasteiger partial charge in [0, 0.05) is 23.0 Å². The molecule has 2 unspecified atom stereocenters. The molecule has 0 radical (unpaired) electrons. The van der Waals surface area contributed by atoms with Crippen molar-refractivity contribution in [2.75, 3.05) is 19.6 Å². The Morgan fingerprint density at radius 2 is 1.78 bits per heavy atom. The summed E-state index contributed by atoms with van der Waals surface area (Å²) in [5, 5.41) is 3.40. The van der Waals surface area contributed by atoms with Gasteiger partial charge in [-0.3, -0.25) is 14.5 Å². The number of imide groups is 1. The average Bonchev–Trinajstić information content (AvgIpc) is 3.10. The van der Waals surface area contributed by atoms with Crippen LogP contribution in [-0.4, -0.2) is 40.7 Å². The minimum atomic E-state index is -0.160. The Labute approximate surface area is 137 Å². The molecule has 3 heterocycles. The number of hydrogen-bond acceptors (Lipinski definition) is 5. The Balaban J connectivity index is 1.52. The topological polar surface area (TPSA) is 62.3 Å². The van der Waals surface area contributed by atoms with Crippen LogP contribution >= 0.6 is 11.5 Å². The highest BCUT2D eigenvalue weighted by Crippen LogP contribution is 2.63. The fourth-order valence-corrected chi connectivity index (χ4v) is 5.32. The number of rotatable bonds is 3. The van der Waals surface area contributed by atoms with Crippen molar-refractivity contribution in [1.29, 1.82) is 0 Å². The van der Waals surface area contributed by atoms with Crippen LogP contribution in [0.3, 0.4) is 0 Å². The maximum absolute atomic E-state index is 12.7. The van der Waals surface area contributed by atoms with Crippen molar-refractivity contribution in [2.45, 2.75) is 5.41 Å². The van der Waals surface area contributed by atoms with Crippen LogP contribution in [0.1, 0.15) is 25.6 Å². The van der Waals surface area contributed by atoms with E-state index in [1.807, 2.05) is 24.4 Å². The van der Waals surface area contributed by atoms with Gasteiger partial charge >= 0.3 is 0 Å². The maximum atomic E-state index is 12.7. The quantitative estimate of drug-likeness (QED) is 0.869. The van der Waals surface area contributed by atoms with E-state index >= 15 is 0 Å². The number of aromatic nitrogens is 1. The highest BCUT2D eigenvalue weighted by molar-refractivity contribution is 7.06. The molecule has 6 heteroatoms. The molecule has 3 aliphatic rings. The predicted octanol–water partition coefficient (Wildman–Crippen LogP) is 1.53. The van der Waals surface area contributed by atoms with Crippen molar-refractivity contribution in [3.05, 3.63) is 52.5 Å². The van der Waals surface area contributed by atoms with E-state index in [0.717, 1.165) is 13.1 Å². The molecule has 1 saturated heterocycles. The second-order valence-corrected chi connectivity index (χ2v) is 7.36. The molecule has 23 heavy (non-hydrogen) atoms. The molecule has 1 aromatic heterocycles. The molecule has 2 atom stereocenters. The monoisotopic (exact) mass is 325 g/mol. The first-order valence-corrected chi connectivity index (χ1v) is 8.58. The molecular formula is C17H15N3O2S. The first kappa shape index (κ1) is 13.4. The third kappa shape index (κ3) is 1.62. The van der Waals surface area contributed by atoms with Gasteiger partial charge < -0.3 is 5.32 Å². The van der Waals surface area contributed by atoms with E-state index in [2.05, 4.69) is 9.69 Å². The lowest BCUT2D eigenvalue weighted by atomic mass is 9.97. The number of fused-ring (bicyclic) bond motifs is 2. The fourth-order valence-electron chi connectivity index (χ4n) is 4.43. The van der Waals surface area contributed by atoms with Crippen molar-refractivity contribution < 1.29 is 9.59 Å². The first-order valence-electron chi connectivity index (χ1n) is 7.80. The Morgan fingerprint density at radius 1 is 1.13 bits per heavy atom.